The summed E-state index contributed by atoms with van der Waals surface area (Å²) in [5.41, 5.74) is 13.0. The number of rotatable bonds is 3. The average molecular weight is 331 g/mol. The van der Waals surface area contributed by atoms with E-state index in [1.54, 1.807) is 18.2 Å². The maximum absolute atomic E-state index is 5.79. The molecule has 0 fully saturated rings. The Bertz CT molecular complexity index is 426. The van der Waals surface area contributed by atoms with Gasteiger partial charge in [-0.25, -0.2) is 9.97 Å². The van der Waals surface area contributed by atoms with Gasteiger partial charge in [0.2, 0.25) is 5.28 Å². The highest BCUT2D eigenvalue weighted by molar-refractivity contribution is 6.28. The molecule has 0 amide bonds. The number of hydrogen-bond acceptors (Lipinski definition) is 5. The summed E-state index contributed by atoms with van der Waals surface area (Å²) in [4.78, 5) is 7.92. The molecule has 0 aliphatic rings. The van der Waals surface area contributed by atoms with E-state index in [1.165, 1.54) is 7.11 Å². The molecule has 0 aliphatic carbocycles. The Labute approximate surface area is 140 Å². The molecule has 4 N–H and O–H groups in total. The lowest BCUT2D eigenvalue weighted by Crippen LogP contribution is -2.02. The molecule has 0 radical (unpaired) electrons. The van der Waals surface area contributed by atoms with Gasteiger partial charge in [-0.2, -0.15) is 0 Å². The minimum atomic E-state index is 0.162. The summed E-state index contributed by atoms with van der Waals surface area (Å²) in [5, 5.41) is 0.162. The Morgan fingerprint density at radius 1 is 1.05 bits per heavy atom. The first-order valence-electron chi connectivity index (χ1n) is 7.51. The molecule has 0 saturated carbocycles. The van der Waals surface area contributed by atoms with E-state index in [9.17, 15) is 0 Å². The first-order valence-corrected chi connectivity index (χ1v) is 7.89. The fraction of sp³-hybridized carbons (Fsp3) is 0.500. The highest BCUT2D eigenvalue weighted by atomic mass is 35.5. The summed E-state index contributed by atoms with van der Waals surface area (Å²) in [7, 11) is 1.47. The van der Waals surface area contributed by atoms with Crippen LogP contribution in [0.25, 0.3) is 5.70 Å². The molecule has 0 aromatic carbocycles. The fourth-order valence-electron chi connectivity index (χ4n) is 1.01. The zero-order valence-electron chi connectivity index (χ0n) is 15.1. The SMILES string of the molecule is CC.CC.CC.CO/C(N)=C/C=C(\N)c1cc(C)nc(Cl)n1. The Morgan fingerprint density at radius 2 is 1.55 bits per heavy atom. The highest BCUT2D eigenvalue weighted by Gasteiger charge is 2.02. The van der Waals surface area contributed by atoms with Gasteiger partial charge in [-0.1, -0.05) is 41.5 Å². The summed E-state index contributed by atoms with van der Waals surface area (Å²) in [5.74, 6) is 0.264. The molecule has 0 unspecified atom stereocenters. The summed E-state index contributed by atoms with van der Waals surface area (Å²) in [6.45, 7) is 13.8. The van der Waals surface area contributed by atoms with Crippen molar-refractivity contribution in [2.75, 3.05) is 7.11 Å². The van der Waals surface area contributed by atoms with Gasteiger partial charge in [0.1, 0.15) is 0 Å². The second-order valence-electron chi connectivity index (χ2n) is 3.06. The van der Waals surface area contributed by atoms with Crippen molar-refractivity contribution in [1.29, 1.82) is 0 Å². The van der Waals surface area contributed by atoms with Gasteiger partial charge >= 0.3 is 0 Å². The van der Waals surface area contributed by atoms with Crippen LogP contribution in [0.2, 0.25) is 5.28 Å². The quantitative estimate of drug-likeness (QED) is 0.491. The summed E-state index contributed by atoms with van der Waals surface area (Å²) in [6, 6.07) is 1.73. The molecule has 0 atom stereocenters. The molecular formula is C16H31ClN4O. The van der Waals surface area contributed by atoms with Crippen molar-refractivity contribution in [2.24, 2.45) is 11.5 Å². The van der Waals surface area contributed by atoms with E-state index in [1.807, 2.05) is 48.5 Å². The van der Waals surface area contributed by atoms with Crippen molar-refractivity contribution in [3.63, 3.8) is 0 Å². The van der Waals surface area contributed by atoms with Crippen LogP contribution < -0.4 is 11.5 Å². The second-order valence-corrected chi connectivity index (χ2v) is 3.40. The van der Waals surface area contributed by atoms with Crippen molar-refractivity contribution >= 4 is 17.3 Å². The zero-order valence-corrected chi connectivity index (χ0v) is 15.8. The molecule has 0 spiro atoms. The van der Waals surface area contributed by atoms with E-state index >= 15 is 0 Å². The normalized spacial score (nSPS) is 10.0. The summed E-state index contributed by atoms with van der Waals surface area (Å²) in [6.07, 6.45) is 3.14. The number of halogens is 1. The minimum absolute atomic E-state index is 0.162. The number of aromatic nitrogens is 2. The maximum atomic E-state index is 5.79. The van der Waals surface area contributed by atoms with Crippen LogP contribution in [0.5, 0.6) is 0 Å². The molecule has 0 aliphatic heterocycles. The van der Waals surface area contributed by atoms with Crippen molar-refractivity contribution in [3.05, 3.63) is 40.8 Å². The highest BCUT2D eigenvalue weighted by Crippen LogP contribution is 2.10. The topological polar surface area (TPSA) is 87.0 Å². The van der Waals surface area contributed by atoms with Crippen LogP contribution in [0.15, 0.2) is 24.1 Å². The smallest absolute Gasteiger partial charge is 0.223 e. The predicted molar refractivity (Wildman–Crippen MR) is 97.3 cm³/mol. The van der Waals surface area contributed by atoms with Crippen LogP contribution in [0.3, 0.4) is 0 Å². The average Bonchev–Trinajstić information content (AvgIpc) is 2.57. The molecule has 6 heteroatoms. The van der Waals surface area contributed by atoms with Crippen LogP contribution in [-0.2, 0) is 4.74 Å². The van der Waals surface area contributed by atoms with Gasteiger partial charge in [-0.15, -0.1) is 0 Å². The number of methoxy groups -OCH3 is 1. The minimum Gasteiger partial charge on any atom is -0.483 e. The lowest BCUT2D eigenvalue weighted by Gasteiger charge is -2.02. The third-order valence-electron chi connectivity index (χ3n) is 1.79. The lowest BCUT2D eigenvalue weighted by atomic mass is 10.2. The number of ether oxygens (including phenoxy) is 1. The predicted octanol–water partition coefficient (Wildman–Crippen LogP) is 4.26. The Morgan fingerprint density at radius 3 is 1.95 bits per heavy atom. The largest absolute Gasteiger partial charge is 0.483 e. The molecule has 1 rings (SSSR count). The van der Waals surface area contributed by atoms with Gasteiger partial charge in [-0.3, -0.25) is 0 Å². The zero-order chi connectivity index (χ0) is 18.1. The number of aryl methyl sites for hydroxylation is 1. The van der Waals surface area contributed by atoms with E-state index in [0.717, 1.165) is 5.69 Å². The number of hydrogen-bond donors (Lipinski definition) is 2. The Hall–Kier alpha value is -1.75. The molecule has 0 bridgehead atoms. The van der Waals surface area contributed by atoms with Gasteiger partial charge in [0, 0.05) is 5.69 Å². The van der Waals surface area contributed by atoms with E-state index in [-0.39, 0.29) is 11.2 Å². The molecule has 1 aromatic heterocycles. The number of allylic oxidation sites excluding steroid dienone is 2. The van der Waals surface area contributed by atoms with Crippen LogP contribution in [0.4, 0.5) is 0 Å². The van der Waals surface area contributed by atoms with Crippen molar-refractivity contribution in [2.45, 2.75) is 48.5 Å². The first-order chi connectivity index (χ1) is 10.5. The van der Waals surface area contributed by atoms with Crippen LogP contribution >= 0.6 is 11.6 Å². The van der Waals surface area contributed by atoms with Gasteiger partial charge < -0.3 is 16.2 Å². The van der Waals surface area contributed by atoms with E-state index in [4.69, 9.17) is 27.8 Å². The molecule has 22 heavy (non-hydrogen) atoms. The van der Waals surface area contributed by atoms with Crippen LogP contribution in [0.1, 0.15) is 52.9 Å². The second kappa shape index (κ2) is 17.3. The summed E-state index contributed by atoms with van der Waals surface area (Å²) < 4.78 is 4.76. The van der Waals surface area contributed by atoms with Crippen molar-refractivity contribution in [3.8, 4) is 0 Å². The van der Waals surface area contributed by atoms with Gasteiger partial charge in [0.15, 0.2) is 5.88 Å². The molecule has 5 nitrogen and oxygen atoms in total. The van der Waals surface area contributed by atoms with E-state index < -0.39 is 0 Å². The van der Waals surface area contributed by atoms with E-state index in [2.05, 4.69) is 9.97 Å². The van der Waals surface area contributed by atoms with Crippen LogP contribution in [0, 0.1) is 6.92 Å². The third-order valence-corrected chi connectivity index (χ3v) is 1.95. The molecule has 1 heterocycles. The molecular weight excluding hydrogens is 300 g/mol. The van der Waals surface area contributed by atoms with Crippen LogP contribution in [-0.4, -0.2) is 17.1 Å². The molecule has 0 saturated heterocycles. The Kier molecular flexibility index (Phi) is 19.8. The first kappa shape index (κ1) is 25.2. The van der Waals surface area contributed by atoms with E-state index in [0.29, 0.717) is 11.4 Å². The van der Waals surface area contributed by atoms with Gasteiger partial charge in [-0.05, 0) is 36.7 Å². The standard InChI is InChI=1S/C10H13ClN4O.3C2H6/c1-6-5-8(15-10(11)14-6)7(12)3-4-9(13)16-2;3*1-2/h3-5H,12-13H2,1-2H3;3*1-2H3/b7-3-,9-4+;;;. The number of nitrogens with two attached hydrogens (primary N) is 2. The van der Waals surface area contributed by atoms with Gasteiger partial charge in [0.05, 0.1) is 18.5 Å². The summed E-state index contributed by atoms with van der Waals surface area (Å²) >= 11 is 5.71. The third kappa shape index (κ3) is 12.0. The number of nitrogens with zero attached hydrogens (tertiary/aromatic N) is 2. The van der Waals surface area contributed by atoms with Gasteiger partial charge in [0.25, 0.3) is 0 Å². The van der Waals surface area contributed by atoms with Crippen molar-refractivity contribution in [1.82, 2.24) is 9.97 Å². The molecule has 128 valence electrons. The maximum Gasteiger partial charge on any atom is 0.223 e. The monoisotopic (exact) mass is 330 g/mol. The molecule has 1 aromatic rings. The Balaban J connectivity index is -0.000000535. The van der Waals surface area contributed by atoms with Crippen molar-refractivity contribution < 1.29 is 4.74 Å². The fourth-order valence-corrected chi connectivity index (χ4v) is 1.23. The lowest BCUT2D eigenvalue weighted by molar-refractivity contribution is 0.287.